The number of hydrogen-bond donors (Lipinski definition) is 1. The third kappa shape index (κ3) is 2.98. The molecule has 1 aromatic rings. The van der Waals surface area contributed by atoms with Crippen molar-refractivity contribution in [2.75, 3.05) is 7.11 Å². The summed E-state index contributed by atoms with van der Waals surface area (Å²) >= 11 is 0. The van der Waals surface area contributed by atoms with Crippen molar-refractivity contribution in [2.24, 2.45) is 0 Å². The first-order valence-electron chi connectivity index (χ1n) is 4.62. The largest absolute Gasteiger partial charge is 0.479 e. The molecule has 1 rings (SSSR count). The Morgan fingerprint density at radius 3 is 2.62 bits per heavy atom. The molecule has 5 heteroatoms. The fourth-order valence-electron chi connectivity index (χ4n) is 1.07. The maximum atomic E-state index is 11.2. The van der Waals surface area contributed by atoms with Gasteiger partial charge in [-0.1, -0.05) is 6.07 Å². The summed E-state index contributed by atoms with van der Waals surface area (Å²) in [4.78, 5) is 21.8. The highest BCUT2D eigenvalue weighted by molar-refractivity contribution is 5.89. The molecular formula is C11H12O5. The van der Waals surface area contributed by atoms with Crippen molar-refractivity contribution in [3.8, 4) is 5.75 Å². The van der Waals surface area contributed by atoms with Crippen LogP contribution in [0.3, 0.4) is 0 Å². The van der Waals surface area contributed by atoms with E-state index in [0.29, 0.717) is 11.3 Å². The van der Waals surface area contributed by atoms with Crippen LogP contribution in [0.25, 0.3) is 0 Å². The number of hydrogen-bond acceptors (Lipinski definition) is 4. The number of ether oxygens (including phenoxy) is 2. The van der Waals surface area contributed by atoms with Crippen LogP contribution in [0.5, 0.6) is 5.75 Å². The summed E-state index contributed by atoms with van der Waals surface area (Å²) in [6, 6.07) is 6.16. The van der Waals surface area contributed by atoms with Crippen LogP contribution in [0, 0.1) is 0 Å². The average Bonchev–Trinajstić information content (AvgIpc) is 2.28. The molecule has 86 valence electrons. The number of methoxy groups -OCH3 is 1. The minimum Gasteiger partial charge on any atom is -0.479 e. The van der Waals surface area contributed by atoms with Crippen molar-refractivity contribution in [1.82, 2.24) is 0 Å². The van der Waals surface area contributed by atoms with Gasteiger partial charge >= 0.3 is 11.9 Å². The summed E-state index contributed by atoms with van der Waals surface area (Å²) in [5.74, 6) is -1.24. The van der Waals surface area contributed by atoms with E-state index in [4.69, 9.17) is 9.84 Å². The van der Waals surface area contributed by atoms with E-state index in [-0.39, 0.29) is 0 Å². The molecule has 0 saturated heterocycles. The molecule has 1 atom stereocenters. The van der Waals surface area contributed by atoms with Crippen LogP contribution in [-0.4, -0.2) is 30.3 Å². The number of aliphatic carboxylic acids is 1. The second-order valence-corrected chi connectivity index (χ2v) is 3.12. The fourth-order valence-corrected chi connectivity index (χ4v) is 1.07. The fraction of sp³-hybridized carbons (Fsp3) is 0.273. The zero-order valence-corrected chi connectivity index (χ0v) is 8.97. The van der Waals surface area contributed by atoms with Crippen molar-refractivity contribution in [3.63, 3.8) is 0 Å². The van der Waals surface area contributed by atoms with E-state index in [9.17, 15) is 9.59 Å². The molecule has 1 N–H and O–H groups in total. The number of carbonyl (C=O) groups excluding carboxylic acids is 1. The van der Waals surface area contributed by atoms with E-state index in [1.807, 2.05) is 0 Å². The van der Waals surface area contributed by atoms with Gasteiger partial charge in [0.1, 0.15) is 5.75 Å². The smallest absolute Gasteiger partial charge is 0.344 e. The molecule has 0 aliphatic heterocycles. The predicted octanol–water partition coefficient (Wildman–Crippen LogP) is 1.33. The number of benzene rings is 1. The highest BCUT2D eigenvalue weighted by Crippen LogP contribution is 2.15. The van der Waals surface area contributed by atoms with E-state index in [2.05, 4.69) is 4.74 Å². The molecular weight excluding hydrogens is 212 g/mol. The number of esters is 1. The Morgan fingerprint density at radius 2 is 2.06 bits per heavy atom. The van der Waals surface area contributed by atoms with Gasteiger partial charge < -0.3 is 14.6 Å². The van der Waals surface area contributed by atoms with Gasteiger partial charge in [-0.2, -0.15) is 0 Å². The number of rotatable bonds is 4. The third-order valence-corrected chi connectivity index (χ3v) is 1.92. The lowest BCUT2D eigenvalue weighted by molar-refractivity contribution is -0.144. The van der Waals surface area contributed by atoms with Crippen LogP contribution in [0.2, 0.25) is 0 Å². The minimum atomic E-state index is -1.07. The Balaban J connectivity index is 2.82. The zero-order chi connectivity index (χ0) is 12.1. The summed E-state index contributed by atoms with van der Waals surface area (Å²) in [7, 11) is 1.27. The van der Waals surface area contributed by atoms with Gasteiger partial charge in [-0.25, -0.2) is 9.59 Å². The van der Waals surface area contributed by atoms with Crippen molar-refractivity contribution in [1.29, 1.82) is 0 Å². The summed E-state index contributed by atoms with van der Waals surface area (Å²) in [5.41, 5.74) is 0.317. The standard InChI is InChI=1S/C11H12O5/c1-7(10(12)13)16-9-5-3-4-8(6-9)11(14)15-2/h3-7H,1-2H3,(H,12,13). The average molecular weight is 224 g/mol. The van der Waals surface area contributed by atoms with Gasteiger partial charge in [0.05, 0.1) is 12.7 Å². The molecule has 0 heterocycles. The number of carboxylic acids is 1. The Hall–Kier alpha value is -2.04. The Morgan fingerprint density at radius 1 is 1.38 bits per heavy atom. The quantitative estimate of drug-likeness (QED) is 0.781. The molecule has 0 aliphatic rings. The SMILES string of the molecule is COC(=O)c1cccc(OC(C)C(=O)O)c1. The van der Waals surface area contributed by atoms with Crippen molar-refractivity contribution in [3.05, 3.63) is 29.8 Å². The third-order valence-electron chi connectivity index (χ3n) is 1.92. The van der Waals surface area contributed by atoms with Crippen LogP contribution in [0.1, 0.15) is 17.3 Å². The molecule has 0 spiro atoms. The molecule has 0 bridgehead atoms. The second-order valence-electron chi connectivity index (χ2n) is 3.12. The molecule has 16 heavy (non-hydrogen) atoms. The predicted molar refractivity (Wildman–Crippen MR) is 55.5 cm³/mol. The van der Waals surface area contributed by atoms with E-state index in [1.54, 1.807) is 18.2 Å². The van der Waals surface area contributed by atoms with Gasteiger partial charge in [0, 0.05) is 0 Å². The highest BCUT2D eigenvalue weighted by Gasteiger charge is 2.13. The van der Waals surface area contributed by atoms with E-state index >= 15 is 0 Å². The Labute approximate surface area is 92.6 Å². The van der Waals surface area contributed by atoms with Gasteiger partial charge in [0.25, 0.3) is 0 Å². The molecule has 0 aliphatic carbocycles. The lowest BCUT2D eigenvalue weighted by Crippen LogP contribution is -2.22. The molecule has 5 nitrogen and oxygen atoms in total. The van der Waals surface area contributed by atoms with E-state index in [0.717, 1.165) is 0 Å². The van der Waals surface area contributed by atoms with Crippen LogP contribution in [0.15, 0.2) is 24.3 Å². The first-order chi connectivity index (χ1) is 7.54. The summed E-state index contributed by atoms with van der Waals surface area (Å²) < 4.78 is 9.64. The zero-order valence-electron chi connectivity index (χ0n) is 8.97. The normalized spacial score (nSPS) is 11.6. The van der Waals surface area contributed by atoms with Crippen molar-refractivity contribution >= 4 is 11.9 Å². The first kappa shape index (κ1) is 12.0. The van der Waals surface area contributed by atoms with Crippen LogP contribution < -0.4 is 4.74 Å². The van der Waals surface area contributed by atoms with Gasteiger partial charge in [0.15, 0.2) is 6.10 Å². The highest BCUT2D eigenvalue weighted by atomic mass is 16.5. The lowest BCUT2D eigenvalue weighted by atomic mass is 10.2. The van der Waals surface area contributed by atoms with Crippen molar-refractivity contribution in [2.45, 2.75) is 13.0 Å². The van der Waals surface area contributed by atoms with Gasteiger partial charge in [-0.05, 0) is 25.1 Å². The summed E-state index contributed by atoms with van der Waals surface area (Å²) in [6.45, 7) is 1.41. The van der Waals surface area contributed by atoms with Gasteiger partial charge in [-0.15, -0.1) is 0 Å². The van der Waals surface area contributed by atoms with E-state index < -0.39 is 18.0 Å². The van der Waals surface area contributed by atoms with Gasteiger partial charge in [0.2, 0.25) is 0 Å². The van der Waals surface area contributed by atoms with Crippen LogP contribution >= 0.6 is 0 Å². The van der Waals surface area contributed by atoms with Gasteiger partial charge in [-0.3, -0.25) is 0 Å². The topological polar surface area (TPSA) is 72.8 Å². The number of carboxylic acid groups (broad SMARTS) is 1. The maximum absolute atomic E-state index is 11.2. The summed E-state index contributed by atoms with van der Waals surface area (Å²) in [6.07, 6.45) is -0.965. The molecule has 0 fully saturated rings. The van der Waals surface area contributed by atoms with Crippen molar-refractivity contribution < 1.29 is 24.2 Å². The molecule has 0 amide bonds. The minimum absolute atomic E-state index is 0.317. The molecule has 0 aromatic heterocycles. The molecule has 0 saturated carbocycles. The van der Waals surface area contributed by atoms with E-state index in [1.165, 1.54) is 20.1 Å². The first-order valence-corrected chi connectivity index (χ1v) is 4.62. The summed E-state index contributed by atoms with van der Waals surface area (Å²) in [5, 5.41) is 8.65. The number of carbonyl (C=O) groups is 2. The Kier molecular flexibility index (Phi) is 3.88. The molecule has 1 aromatic carbocycles. The second kappa shape index (κ2) is 5.16. The molecule has 1 unspecified atom stereocenters. The molecule has 0 radical (unpaired) electrons. The lowest BCUT2D eigenvalue weighted by Gasteiger charge is -2.10. The Bertz CT molecular complexity index is 399. The monoisotopic (exact) mass is 224 g/mol. The maximum Gasteiger partial charge on any atom is 0.344 e. The van der Waals surface area contributed by atoms with Crippen LogP contribution in [0.4, 0.5) is 0 Å². The van der Waals surface area contributed by atoms with Crippen LogP contribution in [-0.2, 0) is 9.53 Å².